The van der Waals surface area contributed by atoms with Crippen LogP contribution in [0, 0.1) is 17.5 Å². The lowest BCUT2D eigenvalue weighted by Gasteiger charge is -2.05. The third-order valence-corrected chi connectivity index (χ3v) is 4.57. The second kappa shape index (κ2) is 8.47. The summed E-state index contributed by atoms with van der Waals surface area (Å²) in [6.07, 6.45) is 3.32. The predicted octanol–water partition coefficient (Wildman–Crippen LogP) is 4.13. The summed E-state index contributed by atoms with van der Waals surface area (Å²) in [6, 6.07) is 8.85. The zero-order valence-electron chi connectivity index (χ0n) is 16.4. The van der Waals surface area contributed by atoms with Crippen LogP contribution in [-0.2, 0) is 13.5 Å². The van der Waals surface area contributed by atoms with Crippen molar-refractivity contribution in [1.82, 2.24) is 20.1 Å². The van der Waals surface area contributed by atoms with E-state index in [2.05, 4.69) is 15.4 Å². The Hall–Kier alpha value is -3.88. The fraction of sp³-hybridized carbons (Fsp3) is 0.136. The average Bonchev–Trinajstić information content (AvgIpc) is 3.35. The van der Waals surface area contributed by atoms with Gasteiger partial charge in [0.1, 0.15) is 29.4 Å². The van der Waals surface area contributed by atoms with Gasteiger partial charge in [0.05, 0.1) is 11.3 Å². The normalized spacial score (nSPS) is 11.0. The van der Waals surface area contributed by atoms with Crippen LogP contribution in [0.4, 0.5) is 13.2 Å². The maximum Gasteiger partial charge on any atom is 0.255 e. The van der Waals surface area contributed by atoms with Crippen molar-refractivity contribution < 1.29 is 22.4 Å². The first-order valence-electron chi connectivity index (χ1n) is 9.38. The van der Waals surface area contributed by atoms with E-state index in [4.69, 9.17) is 4.42 Å². The number of aromatic nitrogens is 3. The second-order valence-electron chi connectivity index (χ2n) is 6.85. The number of hydrogen-bond acceptors (Lipinski definition) is 4. The molecular formula is C22H17F3N4O2. The summed E-state index contributed by atoms with van der Waals surface area (Å²) in [4.78, 5) is 17.0. The second-order valence-corrected chi connectivity index (χ2v) is 6.85. The van der Waals surface area contributed by atoms with Crippen molar-refractivity contribution in [2.75, 3.05) is 6.54 Å². The van der Waals surface area contributed by atoms with E-state index < -0.39 is 17.5 Å². The maximum absolute atomic E-state index is 14.2. The lowest BCUT2D eigenvalue weighted by molar-refractivity contribution is 0.0954. The Morgan fingerprint density at radius 2 is 1.84 bits per heavy atom. The topological polar surface area (TPSA) is 73.0 Å². The van der Waals surface area contributed by atoms with Gasteiger partial charge in [-0.05, 0) is 36.4 Å². The highest BCUT2D eigenvalue weighted by molar-refractivity contribution is 5.99. The minimum atomic E-state index is -0.802. The zero-order valence-corrected chi connectivity index (χ0v) is 16.4. The minimum Gasteiger partial charge on any atom is -0.444 e. The number of hydrogen-bond donors (Lipinski definition) is 1. The highest BCUT2D eigenvalue weighted by atomic mass is 19.1. The monoisotopic (exact) mass is 426 g/mol. The van der Waals surface area contributed by atoms with E-state index in [1.807, 2.05) is 0 Å². The molecule has 2 aromatic carbocycles. The van der Waals surface area contributed by atoms with Gasteiger partial charge in [0.15, 0.2) is 0 Å². The summed E-state index contributed by atoms with van der Waals surface area (Å²) in [5.74, 6) is -1.97. The fourth-order valence-corrected chi connectivity index (χ4v) is 3.08. The fourth-order valence-electron chi connectivity index (χ4n) is 3.08. The van der Waals surface area contributed by atoms with Crippen molar-refractivity contribution in [3.05, 3.63) is 83.6 Å². The van der Waals surface area contributed by atoms with Crippen molar-refractivity contribution in [3.8, 4) is 22.7 Å². The zero-order chi connectivity index (χ0) is 22.0. The van der Waals surface area contributed by atoms with Crippen LogP contribution in [0.2, 0.25) is 0 Å². The molecule has 2 heterocycles. The molecule has 0 aliphatic carbocycles. The summed E-state index contributed by atoms with van der Waals surface area (Å²) in [7, 11) is 1.61. The largest absolute Gasteiger partial charge is 0.444 e. The van der Waals surface area contributed by atoms with Crippen molar-refractivity contribution in [2.45, 2.75) is 6.42 Å². The Kier molecular flexibility index (Phi) is 5.57. The molecule has 0 fully saturated rings. The number of nitrogens with one attached hydrogen (secondary N) is 1. The third kappa shape index (κ3) is 4.50. The van der Waals surface area contributed by atoms with Crippen LogP contribution >= 0.6 is 0 Å². The molecule has 1 amide bonds. The van der Waals surface area contributed by atoms with E-state index in [0.29, 0.717) is 23.6 Å². The van der Waals surface area contributed by atoms with E-state index >= 15 is 0 Å². The van der Waals surface area contributed by atoms with Gasteiger partial charge in [-0.2, -0.15) is 5.10 Å². The molecule has 1 N–H and O–H groups in total. The van der Waals surface area contributed by atoms with Crippen LogP contribution in [0.3, 0.4) is 0 Å². The Bertz CT molecular complexity index is 1230. The Balaban J connectivity index is 1.43. The molecule has 0 bridgehead atoms. The molecular weight excluding hydrogens is 409 g/mol. The molecule has 31 heavy (non-hydrogen) atoms. The summed E-state index contributed by atoms with van der Waals surface area (Å²) in [5.41, 5.74) is 1.57. The first kappa shape index (κ1) is 20.4. The summed E-state index contributed by atoms with van der Waals surface area (Å²) >= 11 is 0. The first-order valence-corrected chi connectivity index (χ1v) is 9.38. The molecule has 0 atom stereocenters. The van der Waals surface area contributed by atoms with E-state index in [0.717, 1.165) is 12.1 Å². The molecule has 0 radical (unpaired) electrons. The van der Waals surface area contributed by atoms with Crippen LogP contribution in [0.1, 0.15) is 16.1 Å². The number of carbonyl (C=O) groups is 1. The number of rotatable bonds is 6. The van der Waals surface area contributed by atoms with Gasteiger partial charge in [0.2, 0.25) is 5.89 Å². The minimum absolute atomic E-state index is 0.0348. The Labute approximate surface area is 175 Å². The van der Waals surface area contributed by atoms with Crippen LogP contribution < -0.4 is 5.32 Å². The molecule has 0 aliphatic rings. The van der Waals surface area contributed by atoms with E-state index in [-0.39, 0.29) is 29.2 Å². The number of benzene rings is 2. The summed E-state index contributed by atoms with van der Waals surface area (Å²) < 4.78 is 47.2. The van der Waals surface area contributed by atoms with Crippen molar-refractivity contribution in [1.29, 1.82) is 0 Å². The molecule has 0 saturated carbocycles. The molecule has 0 saturated heterocycles. The van der Waals surface area contributed by atoms with Crippen molar-refractivity contribution in [3.63, 3.8) is 0 Å². The molecule has 0 spiro atoms. The van der Waals surface area contributed by atoms with Gasteiger partial charge in [0, 0.05) is 43.4 Å². The number of nitrogens with zero attached hydrogens (tertiary/aromatic N) is 3. The van der Waals surface area contributed by atoms with Crippen LogP contribution in [0.5, 0.6) is 0 Å². The first-order chi connectivity index (χ1) is 14.9. The molecule has 6 nitrogen and oxygen atoms in total. The molecule has 0 aliphatic heterocycles. The van der Waals surface area contributed by atoms with Crippen LogP contribution in [-0.4, -0.2) is 27.2 Å². The molecule has 158 valence electrons. The van der Waals surface area contributed by atoms with E-state index in [9.17, 15) is 18.0 Å². The lowest BCUT2D eigenvalue weighted by atomic mass is 10.1. The molecule has 4 rings (SSSR count). The highest BCUT2D eigenvalue weighted by Crippen LogP contribution is 2.25. The molecule has 4 aromatic rings. The van der Waals surface area contributed by atoms with Crippen molar-refractivity contribution in [2.24, 2.45) is 7.05 Å². The number of amides is 1. The van der Waals surface area contributed by atoms with Gasteiger partial charge in [-0.15, -0.1) is 0 Å². The average molecular weight is 426 g/mol. The van der Waals surface area contributed by atoms with Gasteiger partial charge < -0.3 is 9.73 Å². The number of aryl methyl sites for hydroxylation is 1. The van der Waals surface area contributed by atoms with Crippen LogP contribution in [0.25, 0.3) is 22.7 Å². The smallest absolute Gasteiger partial charge is 0.255 e. The van der Waals surface area contributed by atoms with E-state index in [1.54, 1.807) is 19.2 Å². The quantitative estimate of drug-likeness (QED) is 0.503. The van der Waals surface area contributed by atoms with Gasteiger partial charge >= 0.3 is 0 Å². The lowest BCUT2D eigenvalue weighted by Crippen LogP contribution is -2.26. The Morgan fingerprint density at radius 1 is 1.10 bits per heavy atom. The third-order valence-electron chi connectivity index (χ3n) is 4.57. The van der Waals surface area contributed by atoms with Crippen LogP contribution in [0.15, 0.2) is 59.3 Å². The summed E-state index contributed by atoms with van der Waals surface area (Å²) in [5, 5.41) is 6.88. The SMILES string of the molecule is Cn1cc(C(=O)NCCc2coc(-c3ccc(F)cc3)n2)c(-c2ccc(F)cc2F)n1. The number of carbonyl (C=O) groups excluding carboxylic acids is 1. The standard InChI is InChI=1S/C22H17F3N4O2/c1-29-11-18(20(28-29)17-7-6-15(24)10-19(17)25)21(30)26-9-8-16-12-31-22(27-16)13-2-4-14(23)5-3-13/h2-7,10-12H,8-9H2,1H3,(H,26,30). The highest BCUT2D eigenvalue weighted by Gasteiger charge is 2.20. The van der Waals surface area contributed by atoms with Gasteiger partial charge in [-0.3, -0.25) is 9.48 Å². The van der Waals surface area contributed by atoms with Gasteiger partial charge in [-0.25, -0.2) is 18.2 Å². The Morgan fingerprint density at radius 3 is 2.58 bits per heavy atom. The van der Waals surface area contributed by atoms with Gasteiger partial charge in [0.25, 0.3) is 5.91 Å². The number of halogens is 3. The van der Waals surface area contributed by atoms with Crippen molar-refractivity contribution >= 4 is 5.91 Å². The predicted molar refractivity (Wildman–Crippen MR) is 106 cm³/mol. The number of oxazole rings is 1. The van der Waals surface area contributed by atoms with E-state index in [1.165, 1.54) is 35.3 Å². The maximum atomic E-state index is 14.2. The molecule has 9 heteroatoms. The summed E-state index contributed by atoms with van der Waals surface area (Å²) in [6.45, 7) is 0.245. The molecule has 0 unspecified atom stereocenters. The molecule has 2 aromatic heterocycles. The van der Waals surface area contributed by atoms with Gasteiger partial charge in [-0.1, -0.05) is 0 Å².